The van der Waals surface area contributed by atoms with Gasteiger partial charge >= 0.3 is 11.8 Å². The van der Waals surface area contributed by atoms with Crippen LogP contribution in [0, 0.1) is 6.92 Å². The highest BCUT2D eigenvalue weighted by Gasteiger charge is 2.17. The number of hydrogen-bond donors (Lipinski definition) is 4. The average molecular weight is 397 g/mol. The quantitative estimate of drug-likeness (QED) is 0.384. The normalized spacial score (nSPS) is 10.3. The number of anilines is 1. The molecule has 2 aromatic carbocycles. The lowest BCUT2D eigenvalue weighted by Gasteiger charge is -2.12. The van der Waals surface area contributed by atoms with Gasteiger partial charge in [-0.25, -0.2) is 0 Å². The molecule has 0 aliphatic rings. The molecule has 0 aromatic heterocycles. The number of aliphatic hydroxyl groups is 1. The van der Waals surface area contributed by atoms with Crippen molar-refractivity contribution in [3.63, 3.8) is 0 Å². The molecular formula is C22H27N3O4. The van der Waals surface area contributed by atoms with Crippen molar-refractivity contribution in [3.05, 3.63) is 65.2 Å². The van der Waals surface area contributed by atoms with Gasteiger partial charge in [0.25, 0.3) is 5.91 Å². The first kappa shape index (κ1) is 22.1. The zero-order valence-electron chi connectivity index (χ0n) is 16.5. The molecule has 3 amide bonds. The van der Waals surface area contributed by atoms with Crippen molar-refractivity contribution in [3.8, 4) is 0 Å². The van der Waals surface area contributed by atoms with Crippen LogP contribution in [0.2, 0.25) is 0 Å². The zero-order chi connectivity index (χ0) is 21.1. The Balaban J connectivity index is 1.91. The van der Waals surface area contributed by atoms with Gasteiger partial charge < -0.3 is 21.1 Å². The van der Waals surface area contributed by atoms with Crippen LogP contribution in [0.1, 0.15) is 40.7 Å². The molecule has 4 N–H and O–H groups in total. The molecule has 7 heteroatoms. The molecule has 0 unspecified atom stereocenters. The van der Waals surface area contributed by atoms with Crippen LogP contribution in [-0.2, 0) is 16.1 Å². The van der Waals surface area contributed by atoms with E-state index in [4.69, 9.17) is 5.11 Å². The second kappa shape index (κ2) is 11.6. The van der Waals surface area contributed by atoms with E-state index >= 15 is 0 Å². The topological polar surface area (TPSA) is 108 Å². The standard InChI is InChI=1S/C22H27N3O4/c1-16-9-11-17(12-10-16)15-24-20(27)18-7-3-4-8-19(18)25-22(29)21(28)23-13-5-2-6-14-26/h3-4,7-12,26H,2,5-6,13-15H2,1H3,(H,23,28)(H,24,27)(H,25,29). The van der Waals surface area contributed by atoms with Crippen LogP contribution in [0.15, 0.2) is 48.5 Å². The third kappa shape index (κ3) is 7.38. The van der Waals surface area contributed by atoms with Crippen molar-refractivity contribution in [2.75, 3.05) is 18.5 Å². The van der Waals surface area contributed by atoms with Crippen LogP contribution in [-0.4, -0.2) is 36.0 Å². The number of carbonyl (C=O) groups excluding carboxylic acids is 3. The van der Waals surface area contributed by atoms with E-state index in [1.54, 1.807) is 24.3 Å². The molecule has 0 saturated carbocycles. The monoisotopic (exact) mass is 397 g/mol. The number of amides is 3. The van der Waals surface area contributed by atoms with Crippen molar-refractivity contribution < 1.29 is 19.5 Å². The third-order valence-corrected chi connectivity index (χ3v) is 4.32. The molecule has 0 bridgehead atoms. The largest absolute Gasteiger partial charge is 0.396 e. The van der Waals surface area contributed by atoms with Crippen molar-refractivity contribution in [2.45, 2.75) is 32.7 Å². The van der Waals surface area contributed by atoms with E-state index in [1.807, 2.05) is 31.2 Å². The number of rotatable bonds is 9. The van der Waals surface area contributed by atoms with Gasteiger partial charge in [0, 0.05) is 19.7 Å². The number of benzene rings is 2. The van der Waals surface area contributed by atoms with Crippen LogP contribution in [0.5, 0.6) is 0 Å². The Labute approximate surface area is 170 Å². The Morgan fingerprint density at radius 2 is 1.59 bits per heavy atom. The van der Waals surface area contributed by atoms with Gasteiger partial charge in [-0.15, -0.1) is 0 Å². The van der Waals surface area contributed by atoms with E-state index in [1.165, 1.54) is 0 Å². The van der Waals surface area contributed by atoms with Gasteiger partial charge in [-0.3, -0.25) is 14.4 Å². The number of nitrogens with one attached hydrogen (secondary N) is 3. The summed E-state index contributed by atoms with van der Waals surface area (Å²) in [6.07, 6.45) is 2.10. The minimum Gasteiger partial charge on any atom is -0.396 e. The summed E-state index contributed by atoms with van der Waals surface area (Å²) in [5.41, 5.74) is 2.66. The number of aliphatic hydroxyl groups excluding tert-OH is 1. The highest BCUT2D eigenvalue weighted by molar-refractivity contribution is 6.40. The third-order valence-electron chi connectivity index (χ3n) is 4.32. The van der Waals surface area contributed by atoms with Crippen molar-refractivity contribution in [1.82, 2.24) is 10.6 Å². The van der Waals surface area contributed by atoms with Crippen molar-refractivity contribution >= 4 is 23.4 Å². The van der Waals surface area contributed by atoms with Gasteiger partial charge in [0.05, 0.1) is 11.3 Å². The molecule has 0 radical (unpaired) electrons. The first-order valence-corrected chi connectivity index (χ1v) is 9.64. The molecule has 0 aliphatic heterocycles. The second-order valence-electron chi connectivity index (χ2n) is 6.71. The van der Waals surface area contributed by atoms with Gasteiger partial charge in [0.1, 0.15) is 0 Å². The van der Waals surface area contributed by atoms with E-state index in [0.29, 0.717) is 25.9 Å². The molecule has 0 aliphatic carbocycles. The summed E-state index contributed by atoms with van der Waals surface area (Å²) in [6.45, 7) is 2.81. The van der Waals surface area contributed by atoms with Crippen LogP contribution < -0.4 is 16.0 Å². The van der Waals surface area contributed by atoms with Crippen molar-refractivity contribution in [1.29, 1.82) is 0 Å². The molecule has 2 aromatic rings. The smallest absolute Gasteiger partial charge is 0.313 e. The summed E-state index contributed by atoms with van der Waals surface area (Å²) in [7, 11) is 0. The summed E-state index contributed by atoms with van der Waals surface area (Å²) in [5, 5.41) is 16.6. The fourth-order valence-corrected chi connectivity index (χ4v) is 2.65. The maximum Gasteiger partial charge on any atom is 0.313 e. The lowest BCUT2D eigenvalue weighted by molar-refractivity contribution is -0.136. The second-order valence-corrected chi connectivity index (χ2v) is 6.71. The Morgan fingerprint density at radius 3 is 2.31 bits per heavy atom. The number of hydrogen-bond acceptors (Lipinski definition) is 4. The van der Waals surface area contributed by atoms with Gasteiger partial charge in [-0.2, -0.15) is 0 Å². The Bertz CT molecular complexity index is 834. The van der Waals surface area contributed by atoms with Crippen LogP contribution in [0.3, 0.4) is 0 Å². The Kier molecular flexibility index (Phi) is 8.85. The van der Waals surface area contributed by atoms with E-state index in [9.17, 15) is 14.4 Å². The lowest BCUT2D eigenvalue weighted by Crippen LogP contribution is -2.36. The Morgan fingerprint density at radius 1 is 0.862 bits per heavy atom. The molecule has 0 fully saturated rings. The van der Waals surface area contributed by atoms with E-state index < -0.39 is 11.8 Å². The maximum absolute atomic E-state index is 12.5. The SMILES string of the molecule is Cc1ccc(CNC(=O)c2ccccc2NC(=O)C(=O)NCCCCCO)cc1. The summed E-state index contributed by atoms with van der Waals surface area (Å²) in [5.74, 6) is -1.93. The van der Waals surface area contributed by atoms with Gasteiger partial charge in [-0.1, -0.05) is 42.0 Å². The highest BCUT2D eigenvalue weighted by atomic mass is 16.3. The molecule has 0 atom stereocenters. The number of carbonyl (C=O) groups is 3. The van der Waals surface area contributed by atoms with Gasteiger partial charge in [0.15, 0.2) is 0 Å². The van der Waals surface area contributed by atoms with Gasteiger partial charge in [0.2, 0.25) is 0 Å². The first-order chi connectivity index (χ1) is 14.0. The summed E-state index contributed by atoms with van der Waals surface area (Å²) < 4.78 is 0. The minimum absolute atomic E-state index is 0.108. The number of aryl methyl sites for hydroxylation is 1. The summed E-state index contributed by atoms with van der Waals surface area (Å²) >= 11 is 0. The highest BCUT2D eigenvalue weighted by Crippen LogP contribution is 2.15. The van der Waals surface area contributed by atoms with Crippen LogP contribution >= 0.6 is 0 Å². The fraction of sp³-hybridized carbons (Fsp3) is 0.318. The van der Waals surface area contributed by atoms with E-state index in [0.717, 1.165) is 17.5 Å². The predicted octanol–water partition coefficient (Wildman–Crippen LogP) is 2.14. The molecule has 0 heterocycles. The molecule has 29 heavy (non-hydrogen) atoms. The number of para-hydroxylation sites is 1. The first-order valence-electron chi connectivity index (χ1n) is 9.64. The Hall–Kier alpha value is -3.19. The molecule has 2 rings (SSSR count). The maximum atomic E-state index is 12.5. The van der Waals surface area contributed by atoms with E-state index in [2.05, 4.69) is 16.0 Å². The zero-order valence-corrected chi connectivity index (χ0v) is 16.5. The van der Waals surface area contributed by atoms with Crippen molar-refractivity contribution in [2.24, 2.45) is 0 Å². The molecule has 0 spiro atoms. The average Bonchev–Trinajstić information content (AvgIpc) is 2.73. The fourth-order valence-electron chi connectivity index (χ4n) is 2.65. The molecular weight excluding hydrogens is 370 g/mol. The van der Waals surface area contributed by atoms with Crippen LogP contribution in [0.25, 0.3) is 0 Å². The van der Waals surface area contributed by atoms with Gasteiger partial charge in [-0.05, 0) is 43.9 Å². The summed E-state index contributed by atoms with van der Waals surface area (Å²) in [4.78, 5) is 36.6. The lowest BCUT2D eigenvalue weighted by atomic mass is 10.1. The summed E-state index contributed by atoms with van der Waals surface area (Å²) in [6, 6.07) is 14.4. The molecule has 154 valence electrons. The minimum atomic E-state index is -0.828. The number of unbranched alkanes of at least 4 members (excludes halogenated alkanes) is 2. The van der Waals surface area contributed by atoms with Crippen LogP contribution in [0.4, 0.5) is 5.69 Å². The molecule has 7 nitrogen and oxygen atoms in total. The van der Waals surface area contributed by atoms with E-state index in [-0.39, 0.29) is 23.8 Å². The predicted molar refractivity (Wildman–Crippen MR) is 111 cm³/mol. The molecule has 0 saturated heterocycles.